The van der Waals surface area contributed by atoms with Gasteiger partial charge < -0.3 is 20.7 Å². The zero-order chi connectivity index (χ0) is 20.6. The summed E-state index contributed by atoms with van der Waals surface area (Å²) in [5.41, 5.74) is -0.346. The van der Waals surface area contributed by atoms with Crippen LogP contribution in [0.4, 0.5) is 16.2 Å². The number of nitro benzene ring substituents is 1. The van der Waals surface area contributed by atoms with Crippen molar-refractivity contribution >= 4 is 29.3 Å². The fourth-order valence-electron chi connectivity index (χ4n) is 1.89. The van der Waals surface area contributed by atoms with E-state index < -0.39 is 34.5 Å². The van der Waals surface area contributed by atoms with Gasteiger partial charge in [-0.1, -0.05) is 0 Å². The van der Waals surface area contributed by atoms with Gasteiger partial charge >= 0.3 is 6.09 Å². The molecule has 10 nitrogen and oxygen atoms in total. The third kappa shape index (κ3) is 8.66. The van der Waals surface area contributed by atoms with Crippen LogP contribution < -0.4 is 16.0 Å². The maximum absolute atomic E-state index is 12.1. The Labute approximate surface area is 156 Å². The highest BCUT2D eigenvalue weighted by Gasteiger charge is 2.18. The molecule has 148 valence electrons. The molecular formula is C17H24N4O6. The molecule has 0 spiro atoms. The number of ether oxygens (including phenoxy) is 1. The Morgan fingerprint density at radius 2 is 1.78 bits per heavy atom. The smallest absolute Gasteiger partial charge is 0.407 e. The average molecular weight is 380 g/mol. The summed E-state index contributed by atoms with van der Waals surface area (Å²) in [6, 6.07) is 4.50. The number of amides is 3. The number of carbonyl (C=O) groups excluding carboxylic acids is 3. The molecule has 0 radical (unpaired) electrons. The van der Waals surface area contributed by atoms with Gasteiger partial charge in [0.2, 0.25) is 11.8 Å². The zero-order valence-corrected chi connectivity index (χ0v) is 15.7. The van der Waals surface area contributed by atoms with Gasteiger partial charge in [-0.2, -0.15) is 0 Å². The molecule has 0 aliphatic carbocycles. The van der Waals surface area contributed by atoms with Gasteiger partial charge in [-0.3, -0.25) is 19.7 Å². The van der Waals surface area contributed by atoms with Gasteiger partial charge in [0, 0.05) is 30.8 Å². The zero-order valence-electron chi connectivity index (χ0n) is 15.7. The number of benzene rings is 1. The Bertz CT molecular complexity index is 696. The second kappa shape index (κ2) is 9.51. The maximum Gasteiger partial charge on any atom is 0.407 e. The molecule has 0 bridgehead atoms. The number of rotatable bonds is 7. The Morgan fingerprint density at radius 3 is 2.30 bits per heavy atom. The lowest BCUT2D eigenvalue weighted by atomic mass is 10.2. The molecule has 0 fully saturated rings. The fraction of sp³-hybridized carbons (Fsp3) is 0.471. The van der Waals surface area contributed by atoms with E-state index in [9.17, 15) is 24.5 Å². The number of nitrogens with zero attached hydrogens (tertiary/aromatic N) is 1. The topological polar surface area (TPSA) is 140 Å². The van der Waals surface area contributed by atoms with Crippen LogP contribution in [0.3, 0.4) is 0 Å². The first-order chi connectivity index (χ1) is 12.5. The van der Waals surface area contributed by atoms with Crippen molar-refractivity contribution in [3.8, 4) is 0 Å². The molecule has 0 heterocycles. The standard InChI is InChI=1S/C17H24N4O6/c1-11(15(23)20-12-5-7-13(8-6-12)21(25)26)19-14(22)9-10-18-16(24)27-17(2,3)4/h5-8,11H,9-10H2,1-4H3,(H,18,24)(H,19,22)(H,20,23)/t11-/m0/s1. The van der Waals surface area contributed by atoms with Crippen LogP contribution in [-0.2, 0) is 14.3 Å². The molecule has 1 atom stereocenters. The van der Waals surface area contributed by atoms with E-state index in [1.165, 1.54) is 31.2 Å². The van der Waals surface area contributed by atoms with E-state index in [1.807, 2.05) is 0 Å². The quantitative estimate of drug-likeness (QED) is 0.488. The second-order valence-electron chi connectivity index (χ2n) is 6.76. The van der Waals surface area contributed by atoms with E-state index in [-0.39, 0.29) is 18.7 Å². The van der Waals surface area contributed by atoms with E-state index in [1.54, 1.807) is 20.8 Å². The van der Waals surface area contributed by atoms with Gasteiger partial charge in [0.25, 0.3) is 5.69 Å². The van der Waals surface area contributed by atoms with E-state index in [0.29, 0.717) is 5.69 Å². The lowest BCUT2D eigenvalue weighted by Gasteiger charge is -2.19. The van der Waals surface area contributed by atoms with Gasteiger partial charge in [0.05, 0.1) is 4.92 Å². The molecule has 3 N–H and O–H groups in total. The van der Waals surface area contributed by atoms with Crippen LogP contribution in [0.5, 0.6) is 0 Å². The number of nitro groups is 1. The van der Waals surface area contributed by atoms with Crippen LogP contribution in [0.1, 0.15) is 34.1 Å². The van der Waals surface area contributed by atoms with Crippen molar-refractivity contribution in [3.05, 3.63) is 34.4 Å². The van der Waals surface area contributed by atoms with E-state index in [0.717, 1.165) is 0 Å². The number of nitrogens with one attached hydrogen (secondary N) is 3. The van der Waals surface area contributed by atoms with Crippen molar-refractivity contribution in [2.24, 2.45) is 0 Å². The average Bonchev–Trinajstić information content (AvgIpc) is 2.53. The normalized spacial score (nSPS) is 11.9. The lowest BCUT2D eigenvalue weighted by molar-refractivity contribution is -0.384. The van der Waals surface area contributed by atoms with Crippen molar-refractivity contribution < 1.29 is 24.0 Å². The number of alkyl carbamates (subject to hydrolysis) is 1. The molecule has 10 heteroatoms. The molecule has 0 aliphatic heterocycles. The summed E-state index contributed by atoms with van der Waals surface area (Å²) in [5.74, 6) is -0.894. The summed E-state index contributed by atoms with van der Waals surface area (Å²) in [7, 11) is 0. The first kappa shape index (κ1) is 21.9. The summed E-state index contributed by atoms with van der Waals surface area (Å²) in [6.45, 7) is 6.75. The lowest BCUT2D eigenvalue weighted by Crippen LogP contribution is -2.43. The van der Waals surface area contributed by atoms with Crippen LogP contribution in [-0.4, -0.2) is 41.0 Å². The molecule has 1 aromatic carbocycles. The predicted molar refractivity (Wildman–Crippen MR) is 98.2 cm³/mol. The minimum Gasteiger partial charge on any atom is -0.444 e. The molecular weight excluding hydrogens is 356 g/mol. The number of anilines is 1. The second-order valence-corrected chi connectivity index (χ2v) is 6.76. The number of hydrogen-bond acceptors (Lipinski definition) is 6. The number of non-ortho nitro benzene ring substituents is 1. The predicted octanol–water partition coefficient (Wildman–Crippen LogP) is 1.95. The molecule has 0 saturated carbocycles. The van der Waals surface area contributed by atoms with Gasteiger partial charge in [-0.05, 0) is 39.8 Å². The van der Waals surface area contributed by atoms with Crippen LogP contribution >= 0.6 is 0 Å². The molecule has 3 amide bonds. The molecule has 0 unspecified atom stereocenters. The molecule has 27 heavy (non-hydrogen) atoms. The molecule has 1 aromatic rings. The SMILES string of the molecule is C[C@H](NC(=O)CCNC(=O)OC(C)(C)C)C(=O)Nc1ccc([N+](=O)[O-])cc1. The molecule has 0 aromatic heterocycles. The van der Waals surface area contributed by atoms with Crippen LogP contribution in [0.2, 0.25) is 0 Å². The molecule has 0 saturated heterocycles. The van der Waals surface area contributed by atoms with Crippen molar-refractivity contribution in [1.29, 1.82) is 0 Å². The Kier molecular flexibility index (Phi) is 7.70. The monoisotopic (exact) mass is 380 g/mol. The van der Waals surface area contributed by atoms with Crippen LogP contribution in [0, 0.1) is 10.1 Å². The van der Waals surface area contributed by atoms with Crippen molar-refractivity contribution in [2.75, 3.05) is 11.9 Å². The summed E-state index contributed by atoms with van der Waals surface area (Å²) < 4.78 is 5.04. The summed E-state index contributed by atoms with van der Waals surface area (Å²) in [4.78, 5) is 45.4. The molecule has 0 aliphatic rings. The van der Waals surface area contributed by atoms with Gasteiger partial charge in [0.15, 0.2) is 0 Å². The Morgan fingerprint density at radius 1 is 1.19 bits per heavy atom. The summed E-state index contributed by atoms with van der Waals surface area (Å²) in [6.07, 6.45) is -0.645. The van der Waals surface area contributed by atoms with Crippen LogP contribution in [0.25, 0.3) is 0 Å². The summed E-state index contributed by atoms with van der Waals surface area (Å²) >= 11 is 0. The number of carbonyl (C=O) groups is 3. The van der Waals surface area contributed by atoms with Gasteiger partial charge in [-0.15, -0.1) is 0 Å². The van der Waals surface area contributed by atoms with Gasteiger partial charge in [-0.25, -0.2) is 4.79 Å². The number of hydrogen-bond donors (Lipinski definition) is 3. The minimum absolute atomic E-state index is 0.0194. The van der Waals surface area contributed by atoms with Crippen molar-refractivity contribution in [2.45, 2.75) is 45.8 Å². The largest absolute Gasteiger partial charge is 0.444 e. The Balaban J connectivity index is 2.38. The maximum atomic E-state index is 12.1. The first-order valence-electron chi connectivity index (χ1n) is 8.29. The minimum atomic E-state index is -0.825. The van der Waals surface area contributed by atoms with E-state index >= 15 is 0 Å². The fourth-order valence-corrected chi connectivity index (χ4v) is 1.89. The van der Waals surface area contributed by atoms with Crippen molar-refractivity contribution in [3.63, 3.8) is 0 Å². The van der Waals surface area contributed by atoms with Gasteiger partial charge in [0.1, 0.15) is 11.6 Å². The third-order valence-electron chi connectivity index (χ3n) is 3.14. The third-order valence-corrected chi connectivity index (χ3v) is 3.14. The molecule has 1 rings (SSSR count). The summed E-state index contributed by atoms with van der Waals surface area (Å²) in [5, 5.41) is 18.1. The van der Waals surface area contributed by atoms with Crippen molar-refractivity contribution in [1.82, 2.24) is 10.6 Å². The highest BCUT2D eigenvalue weighted by molar-refractivity contribution is 5.97. The highest BCUT2D eigenvalue weighted by Crippen LogP contribution is 2.15. The highest BCUT2D eigenvalue weighted by atomic mass is 16.6. The van der Waals surface area contributed by atoms with E-state index in [2.05, 4.69) is 16.0 Å². The first-order valence-corrected chi connectivity index (χ1v) is 8.29. The van der Waals surface area contributed by atoms with Crippen LogP contribution in [0.15, 0.2) is 24.3 Å². The Hall–Kier alpha value is -3.17. The van der Waals surface area contributed by atoms with E-state index in [4.69, 9.17) is 4.74 Å².